The average Bonchev–Trinajstić information content (AvgIpc) is 3.08. The summed E-state index contributed by atoms with van der Waals surface area (Å²) in [5, 5.41) is 7.63. The summed E-state index contributed by atoms with van der Waals surface area (Å²) in [6.45, 7) is 1.82. The van der Waals surface area contributed by atoms with Gasteiger partial charge in [0.1, 0.15) is 5.69 Å². The highest BCUT2D eigenvalue weighted by Crippen LogP contribution is 2.27. The fraction of sp³-hybridized carbons (Fsp3) is 0.111. The Labute approximate surface area is 170 Å². The summed E-state index contributed by atoms with van der Waals surface area (Å²) in [4.78, 5) is 28.9. The van der Waals surface area contributed by atoms with Crippen LogP contribution in [0.15, 0.2) is 36.5 Å². The van der Waals surface area contributed by atoms with Crippen LogP contribution < -0.4 is 16.8 Å². The van der Waals surface area contributed by atoms with Crippen molar-refractivity contribution in [2.75, 3.05) is 5.32 Å². The Morgan fingerprint density at radius 1 is 1.25 bits per heavy atom. The standard InChI is InChI=1S/C18H16Cl2N6O2/c1-9-5-10(19)6-12(16(22)27)15(9)24-18(28)14-7-11(8-21)25-26(14)17-13(20)3-2-4-23-17/h2-7H,8,21H2,1H3,(H2,22,27)(H,24,28). The number of carbonyl (C=O) groups is 2. The van der Waals surface area contributed by atoms with Crippen LogP contribution in [-0.4, -0.2) is 26.6 Å². The highest BCUT2D eigenvalue weighted by Gasteiger charge is 2.21. The number of rotatable bonds is 5. The van der Waals surface area contributed by atoms with Gasteiger partial charge in [0.25, 0.3) is 11.8 Å². The fourth-order valence-electron chi connectivity index (χ4n) is 2.67. The van der Waals surface area contributed by atoms with Crippen LogP contribution in [0.4, 0.5) is 5.69 Å². The first-order valence-electron chi connectivity index (χ1n) is 8.13. The van der Waals surface area contributed by atoms with E-state index in [9.17, 15) is 9.59 Å². The van der Waals surface area contributed by atoms with Crippen molar-refractivity contribution in [3.05, 3.63) is 69.1 Å². The monoisotopic (exact) mass is 418 g/mol. The zero-order valence-electron chi connectivity index (χ0n) is 14.7. The van der Waals surface area contributed by atoms with E-state index in [4.69, 9.17) is 34.7 Å². The lowest BCUT2D eigenvalue weighted by atomic mass is 10.1. The van der Waals surface area contributed by atoms with Gasteiger partial charge in [-0.3, -0.25) is 9.59 Å². The lowest BCUT2D eigenvalue weighted by molar-refractivity contribution is 0.100. The second-order valence-electron chi connectivity index (χ2n) is 5.91. The molecule has 0 fully saturated rings. The number of nitrogens with two attached hydrogens (primary N) is 2. The number of halogens is 2. The number of hydrogen-bond acceptors (Lipinski definition) is 5. The number of aryl methyl sites for hydroxylation is 1. The molecule has 3 rings (SSSR count). The number of benzene rings is 1. The Kier molecular flexibility index (Phi) is 5.64. The van der Waals surface area contributed by atoms with Gasteiger partial charge in [0.2, 0.25) is 0 Å². The predicted molar refractivity (Wildman–Crippen MR) is 107 cm³/mol. The number of nitrogens with zero attached hydrogens (tertiary/aromatic N) is 3. The molecule has 0 saturated heterocycles. The summed E-state index contributed by atoms with van der Waals surface area (Å²) >= 11 is 12.2. The fourth-order valence-corrected chi connectivity index (χ4v) is 3.14. The normalized spacial score (nSPS) is 10.7. The van der Waals surface area contributed by atoms with Crippen molar-refractivity contribution in [1.82, 2.24) is 14.8 Å². The largest absolute Gasteiger partial charge is 0.366 e. The van der Waals surface area contributed by atoms with Crippen LogP contribution >= 0.6 is 23.2 Å². The van der Waals surface area contributed by atoms with Crippen LogP contribution in [0.5, 0.6) is 0 Å². The molecule has 0 spiro atoms. The molecule has 0 unspecified atom stereocenters. The molecule has 144 valence electrons. The molecule has 0 saturated carbocycles. The van der Waals surface area contributed by atoms with Crippen LogP contribution in [0.2, 0.25) is 10.0 Å². The van der Waals surface area contributed by atoms with Crippen molar-refractivity contribution in [3.8, 4) is 5.82 Å². The van der Waals surface area contributed by atoms with Crippen molar-refractivity contribution >= 4 is 40.7 Å². The summed E-state index contributed by atoms with van der Waals surface area (Å²) in [5.41, 5.74) is 12.6. The lowest BCUT2D eigenvalue weighted by Gasteiger charge is -2.13. The van der Waals surface area contributed by atoms with Crippen molar-refractivity contribution < 1.29 is 9.59 Å². The topological polar surface area (TPSA) is 129 Å². The number of aromatic nitrogens is 3. The van der Waals surface area contributed by atoms with E-state index in [0.29, 0.717) is 21.3 Å². The summed E-state index contributed by atoms with van der Waals surface area (Å²) in [6.07, 6.45) is 1.53. The van der Waals surface area contributed by atoms with E-state index in [1.165, 1.54) is 23.0 Å². The van der Waals surface area contributed by atoms with Gasteiger partial charge >= 0.3 is 0 Å². The van der Waals surface area contributed by atoms with Crippen molar-refractivity contribution in [2.24, 2.45) is 11.5 Å². The number of anilines is 1. The van der Waals surface area contributed by atoms with Crippen molar-refractivity contribution in [3.63, 3.8) is 0 Å². The zero-order valence-corrected chi connectivity index (χ0v) is 16.3. The first-order chi connectivity index (χ1) is 13.3. The molecular formula is C18H16Cl2N6O2. The van der Waals surface area contributed by atoms with Crippen LogP contribution in [-0.2, 0) is 6.54 Å². The number of pyridine rings is 1. The molecule has 0 atom stereocenters. The first-order valence-corrected chi connectivity index (χ1v) is 8.88. The van der Waals surface area contributed by atoms with E-state index in [-0.39, 0.29) is 29.3 Å². The van der Waals surface area contributed by atoms with E-state index in [1.54, 1.807) is 25.1 Å². The van der Waals surface area contributed by atoms with E-state index < -0.39 is 11.8 Å². The Morgan fingerprint density at radius 2 is 2.00 bits per heavy atom. The quantitative estimate of drug-likeness (QED) is 0.586. The number of nitrogens with one attached hydrogen (secondary N) is 1. The van der Waals surface area contributed by atoms with E-state index >= 15 is 0 Å². The molecule has 0 aliphatic carbocycles. The second-order valence-corrected chi connectivity index (χ2v) is 6.75. The SMILES string of the molecule is Cc1cc(Cl)cc(C(N)=O)c1NC(=O)c1cc(CN)nn1-c1ncccc1Cl. The Balaban J connectivity index is 2.07. The average molecular weight is 419 g/mol. The molecule has 5 N–H and O–H groups in total. The van der Waals surface area contributed by atoms with Gasteiger partial charge < -0.3 is 16.8 Å². The minimum atomic E-state index is -0.718. The third-order valence-corrected chi connectivity index (χ3v) is 4.46. The Morgan fingerprint density at radius 3 is 2.64 bits per heavy atom. The number of amides is 2. The molecule has 3 aromatic rings. The Hall–Kier alpha value is -2.94. The third kappa shape index (κ3) is 3.84. The molecule has 8 nitrogen and oxygen atoms in total. The molecule has 0 radical (unpaired) electrons. The van der Waals surface area contributed by atoms with Gasteiger partial charge in [-0.1, -0.05) is 23.2 Å². The second kappa shape index (κ2) is 7.97. The number of hydrogen-bond donors (Lipinski definition) is 3. The molecule has 10 heteroatoms. The maximum absolute atomic E-state index is 13.0. The van der Waals surface area contributed by atoms with E-state index in [1.807, 2.05) is 0 Å². The predicted octanol–water partition coefficient (Wildman–Crippen LogP) is 2.69. The van der Waals surface area contributed by atoms with Gasteiger partial charge in [0, 0.05) is 17.8 Å². The van der Waals surface area contributed by atoms with E-state index in [0.717, 1.165) is 0 Å². The van der Waals surface area contributed by atoms with Crippen molar-refractivity contribution in [2.45, 2.75) is 13.5 Å². The van der Waals surface area contributed by atoms with Gasteiger partial charge in [0.15, 0.2) is 5.82 Å². The van der Waals surface area contributed by atoms with Crippen LogP contribution in [0.1, 0.15) is 32.1 Å². The van der Waals surface area contributed by atoms with Crippen LogP contribution in [0.25, 0.3) is 5.82 Å². The molecule has 2 heterocycles. The maximum Gasteiger partial charge on any atom is 0.274 e. The molecular weight excluding hydrogens is 403 g/mol. The molecule has 0 aliphatic rings. The lowest BCUT2D eigenvalue weighted by Crippen LogP contribution is -2.21. The molecule has 0 bridgehead atoms. The number of primary amides is 1. The van der Waals surface area contributed by atoms with Gasteiger partial charge in [-0.25, -0.2) is 9.67 Å². The smallest absolute Gasteiger partial charge is 0.274 e. The van der Waals surface area contributed by atoms with Crippen LogP contribution in [0, 0.1) is 6.92 Å². The number of carbonyl (C=O) groups excluding carboxylic acids is 2. The minimum Gasteiger partial charge on any atom is -0.366 e. The Bertz CT molecular complexity index is 1080. The van der Waals surface area contributed by atoms with Crippen LogP contribution in [0.3, 0.4) is 0 Å². The third-order valence-electron chi connectivity index (χ3n) is 3.95. The molecule has 1 aromatic carbocycles. The van der Waals surface area contributed by atoms with Gasteiger partial charge in [-0.2, -0.15) is 5.10 Å². The summed E-state index contributed by atoms with van der Waals surface area (Å²) < 4.78 is 1.30. The minimum absolute atomic E-state index is 0.0966. The molecule has 0 aliphatic heterocycles. The van der Waals surface area contributed by atoms with Crippen molar-refractivity contribution in [1.29, 1.82) is 0 Å². The maximum atomic E-state index is 13.0. The van der Waals surface area contributed by atoms with E-state index in [2.05, 4.69) is 15.4 Å². The summed E-state index contributed by atoms with van der Waals surface area (Å²) in [6, 6.07) is 7.82. The highest BCUT2D eigenvalue weighted by molar-refractivity contribution is 6.32. The molecule has 2 amide bonds. The molecule has 28 heavy (non-hydrogen) atoms. The van der Waals surface area contributed by atoms with Gasteiger partial charge in [-0.15, -0.1) is 0 Å². The van der Waals surface area contributed by atoms with Gasteiger partial charge in [0.05, 0.1) is 22.0 Å². The summed E-state index contributed by atoms with van der Waals surface area (Å²) in [5.74, 6) is -0.983. The highest BCUT2D eigenvalue weighted by atomic mass is 35.5. The first kappa shape index (κ1) is 19.8. The summed E-state index contributed by atoms with van der Waals surface area (Å²) in [7, 11) is 0. The molecule has 2 aromatic heterocycles. The van der Waals surface area contributed by atoms with Gasteiger partial charge in [-0.05, 0) is 42.8 Å². The zero-order chi connectivity index (χ0) is 20.4.